The molecule has 0 amide bonds. The van der Waals surface area contributed by atoms with Crippen molar-refractivity contribution in [2.75, 3.05) is 26.7 Å². The molecule has 4 atom stereocenters. The highest BCUT2D eigenvalue weighted by Crippen LogP contribution is 2.40. The monoisotopic (exact) mass is 388 g/mol. The number of benzene rings is 1. The normalized spacial score (nSPS) is 25.5. The number of fused-ring (bicyclic) bond motifs is 1. The second-order valence-corrected chi connectivity index (χ2v) is 7.69. The number of β-amino-alcohol motifs (C(OH)–C–C–N with tert-alkyl or cyclic N) is 1. The maximum Gasteiger partial charge on any atom is 0.255 e. The fraction of sp³-hybridized carbons (Fsp3) is 0.476. The van der Waals surface area contributed by atoms with E-state index in [2.05, 4.69) is 9.88 Å². The van der Waals surface area contributed by atoms with Gasteiger partial charge in [-0.15, -0.1) is 0 Å². The van der Waals surface area contributed by atoms with Gasteiger partial charge in [0.1, 0.15) is 17.6 Å². The molecule has 6 nitrogen and oxygen atoms in total. The van der Waals surface area contributed by atoms with E-state index >= 15 is 0 Å². The first-order valence-electron chi connectivity index (χ1n) is 9.58. The minimum absolute atomic E-state index is 0.211. The Morgan fingerprint density at radius 2 is 1.75 bits per heavy atom. The van der Waals surface area contributed by atoms with Crippen LogP contribution < -0.4 is 9.47 Å². The zero-order valence-electron chi connectivity index (χ0n) is 15.8. The van der Waals surface area contributed by atoms with E-state index in [1.165, 1.54) is 12.1 Å². The van der Waals surface area contributed by atoms with E-state index in [4.69, 9.17) is 9.47 Å². The van der Waals surface area contributed by atoms with Crippen LogP contribution in [-0.4, -0.2) is 52.9 Å². The minimum Gasteiger partial charge on any atom is -0.504 e. The third-order valence-corrected chi connectivity index (χ3v) is 5.77. The first-order chi connectivity index (χ1) is 13.5. The molecule has 1 aromatic carbocycles. The van der Waals surface area contributed by atoms with Crippen molar-refractivity contribution >= 4 is 0 Å². The van der Waals surface area contributed by atoms with Gasteiger partial charge in [-0.1, -0.05) is 0 Å². The molecule has 0 radical (unpaired) electrons. The van der Waals surface area contributed by atoms with Crippen LogP contribution in [0, 0.1) is 17.8 Å². The van der Waals surface area contributed by atoms with E-state index in [0.717, 1.165) is 37.4 Å². The molecular formula is C21H25FN2O4. The van der Waals surface area contributed by atoms with E-state index in [-0.39, 0.29) is 11.8 Å². The van der Waals surface area contributed by atoms with Crippen LogP contribution in [-0.2, 0) is 0 Å². The van der Waals surface area contributed by atoms with Gasteiger partial charge in [-0.3, -0.25) is 4.90 Å². The molecule has 1 aliphatic heterocycles. The van der Waals surface area contributed by atoms with E-state index < -0.39 is 17.8 Å². The lowest BCUT2D eigenvalue weighted by Gasteiger charge is -2.22. The van der Waals surface area contributed by atoms with Crippen LogP contribution in [0.3, 0.4) is 0 Å². The van der Waals surface area contributed by atoms with Gasteiger partial charge in [0.2, 0.25) is 0 Å². The third-order valence-electron chi connectivity index (χ3n) is 5.77. The smallest absolute Gasteiger partial charge is 0.255 e. The number of nitrogens with zero attached hydrogens (tertiary/aromatic N) is 2. The zero-order chi connectivity index (χ0) is 19.7. The summed E-state index contributed by atoms with van der Waals surface area (Å²) in [7, 11) is 1.64. The van der Waals surface area contributed by atoms with Crippen LogP contribution in [0.15, 0.2) is 36.4 Å². The van der Waals surface area contributed by atoms with Crippen LogP contribution >= 0.6 is 0 Å². The van der Waals surface area contributed by atoms with E-state index in [1.807, 2.05) is 24.3 Å². The first kappa shape index (κ1) is 19.0. The Kier molecular flexibility index (Phi) is 5.37. The number of halogens is 1. The maximum atomic E-state index is 13.4. The third kappa shape index (κ3) is 4.05. The van der Waals surface area contributed by atoms with E-state index in [1.54, 1.807) is 7.11 Å². The predicted molar refractivity (Wildman–Crippen MR) is 101 cm³/mol. The summed E-state index contributed by atoms with van der Waals surface area (Å²) in [6.07, 6.45) is 1.33. The van der Waals surface area contributed by atoms with E-state index in [9.17, 15) is 14.6 Å². The molecule has 2 fully saturated rings. The number of ether oxygens (including phenoxy) is 2. The summed E-state index contributed by atoms with van der Waals surface area (Å²) in [5, 5.41) is 19.6. The molecule has 1 saturated heterocycles. The number of aliphatic hydroxyl groups excluding tert-OH is 1. The number of rotatable bonds is 6. The maximum absolute atomic E-state index is 13.4. The Balaban J connectivity index is 1.28. The SMILES string of the molecule is COc1ccc(O[C@H]2C[C@@H]3CN(C[C@H](O)c4ccc(O)c(F)n4)C[C@@H]3C2)cc1. The van der Waals surface area contributed by atoms with Crippen molar-refractivity contribution in [3.8, 4) is 17.2 Å². The number of methoxy groups -OCH3 is 1. The summed E-state index contributed by atoms with van der Waals surface area (Å²) in [5.41, 5.74) is 0.244. The lowest BCUT2D eigenvalue weighted by Crippen LogP contribution is -2.29. The van der Waals surface area contributed by atoms with Crippen molar-refractivity contribution in [2.24, 2.45) is 11.8 Å². The Hall–Kier alpha value is -2.38. The summed E-state index contributed by atoms with van der Waals surface area (Å²) in [6.45, 7) is 2.20. The van der Waals surface area contributed by atoms with Gasteiger partial charge in [0.15, 0.2) is 5.75 Å². The number of likely N-dealkylation sites (tertiary alicyclic amines) is 1. The highest BCUT2D eigenvalue weighted by Gasteiger charge is 2.42. The topological polar surface area (TPSA) is 75.1 Å². The largest absolute Gasteiger partial charge is 0.504 e. The molecular weight excluding hydrogens is 363 g/mol. The Morgan fingerprint density at radius 3 is 2.36 bits per heavy atom. The molecule has 1 aromatic heterocycles. The van der Waals surface area contributed by atoms with Gasteiger partial charge in [-0.05, 0) is 61.1 Å². The number of aromatic nitrogens is 1. The molecule has 0 spiro atoms. The summed E-state index contributed by atoms with van der Waals surface area (Å²) in [6, 6.07) is 10.3. The lowest BCUT2D eigenvalue weighted by atomic mass is 10.0. The van der Waals surface area contributed by atoms with Gasteiger partial charge in [0, 0.05) is 19.6 Å². The van der Waals surface area contributed by atoms with E-state index in [0.29, 0.717) is 18.4 Å². The lowest BCUT2D eigenvalue weighted by molar-refractivity contribution is 0.112. The van der Waals surface area contributed by atoms with Gasteiger partial charge in [-0.2, -0.15) is 4.39 Å². The quantitative estimate of drug-likeness (QED) is 0.742. The molecule has 2 heterocycles. The Labute approximate surface area is 163 Å². The number of hydrogen-bond acceptors (Lipinski definition) is 6. The van der Waals surface area contributed by atoms with Crippen molar-refractivity contribution in [3.63, 3.8) is 0 Å². The van der Waals surface area contributed by atoms with Crippen LogP contribution in [0.4, 0.5) is 4.39 Å². The molecule has 2 N–H and O–H groups in total. The van der Waals surface area contributed by atoms with Crippen molar-refractivity contribution < 1.29 is 24.1 Å². The van der Waals surface area contributed by atoms with Crippen molar-refractivity contribution in [1.29, 1.82) is 0 Å². The first-order valence-corrected chi connectivity index (χ1v) is 9.58. The summed E-state index contributed by atoms with van der Waals surface area (Å²) in [5.74, 6) is 1.30. The fourth-order valence-corrected chi connectivity index (χ4v) is 4.40. The Morgan fingerprint density at radius 1 is 1.11 bits per heavy atom. The number of aromatic hydroxyl groups is 1. The van der Waals surface area contributed by atoms with Crippen molar-refractivity contribution in [2.45, 2.75) is 25.0 Å². The van der Waals surface area contributed by atoms with Crippen LogP contribution in [0.25, 0.3) is 0 Å². The second-order valence-electron chi connectivity index (χ2n) is 7.69. The molecule has 2 aromatic rings. The van der Waals surface area contributed by atoms with Crippen LogP contribution in [0.5, 0.6) is 17.2 Å². The fourth-order valence-electron chi connectivity index (χ4n) is 4.40. The summed E-state index contributed by atoms with van der Waals surface area (Å²) >= 11 is 0. The highest BCUT2D eigenvalue weighted by molar-refractivity contribution is 5.31. The van der Waals surface area contributed by atoms with Gasteiger partial charge >= 0.3 is 0 Å². The predicted octanol–water partition coefficient (Wildman–Crippen LogP) is 2.76. The molecule has 150 valence electrons. The number of pyridine rings is 1. The number of hydrogen-bond donors (Lipinski definition) is 2. The molecule has 7 heteroatoms. The molecule has 1 aliphatic carbocycles. The van der Waals surface area contributed by atoms with Crippen LogP contribution in [0.1, 0.15) is 24.6 Å². The van der Waals surface area contributed by atoms with Gasteiger partial charge in [0.05, 0.1) is 18.9 Å². The van der Waals surface area contributed by atoms with Gasteiger partial charge in [0.25, 0.3) is 5.95 Å². The molecule has 28 heavy (non-hydrogen) atoms. The van der Waals surface area contributed by atoms with Crippen molar-refractivity contribution in [3.05, 3.63) is 48.0 Å². The summed E-state index contributed by atoms with van der Waals surface area (Å²) < 4.78 is 24.7. The standard InChI is InChI=1S/C21H25FN2O4/c1-27-15-2-4-16(5-3-15)28-17-8-13-10-24(11-14(13)9-17)12-20(26)18-6-7-19(25)21(22)23-18/h2-7,13-14,17,20,25-26H,8-12H2,1H3/t13-,14+,17+,20-/m0/s1. The van der Waals surface area contributed by atoms with Crippen LogP contribution in [0.2, 0.25) is 0 Å². The average molecular weight is 388 g/mol. The minimum atomic E-state index is -0.951. The zero-order valence-corrected chi connectivity index (χ0v) is 15.8. The second kappa shape index (κ2) is 7.93. The molecule has 0 unspecified atom stereocenters. The molecule has 1 saturated carbocycles. The molecule has 0 bridgehead atoms. The Bertz CT molecular complexity index is 803. The van der Waals surface area contributed by atoms with Gasteiger partial charge in [-0.25, -0.2) is 4.98 Å². The average Bonchev–Trinajstić information content (AvgIpc) is 3.22. The molecule has 2 aliphatic rings. The van der Waals surface area contributed by atoms with Gasteiger partial charge < -0.3 is 19.7 Å². The highest BCUT2D eigenvalue weighted by atomic mass is 19.1. The molecule has 4 rings (SSSR count). The van der Waals surface area contributed by atoms with Crippen molar-refractivity contribution in [1.82, 2.24) is 9.88 Å². The number of aliphatic hydroxyl groups is 1. The summed E-state index contributed by atoms with van der Waals surface area (Å²) in [4.78, 5) is 5.84.